The molecule has 14 heavy (non-hydrogen) atoms. The van der Waals surface area contributed by atoms with Crippen molar-refractivity contribution < 1.29 is 0 Å². The van der Waals surface area contributed by atoms with E-state index < -0.39 is 0 Å². The van der Waals surface area contributed by atoms with Crippen molar-refractivity contribution >= 4 is 11.8 Å². The van der Waals surface area contributed by atoms with Crippen molar-refractivity contribution in [2.24, 2.45) is 0 Å². The molecule has 0 unspecified atom stereocenters. The number of hydrogen-bond acceptors (Lipinski definition) is 2. The molecule has 2 rings (SSSR count). The summed E-state index contributed by atoms with van der Waals surface area (Å²) in [6.45, 7) is 3.98. The van der Waals surface area contributed by atoms with Gasteiger partial charge in [-0.25, -0.2) is 0 Å². The van der Waals surface area contributed by atoms with Gasteiger partial charge in [-0.15, -0.1) is 0 Å². The second kappa shape index (κ2) is 4.29. The van der Waals surface area contributed by atoms with Gasteiger partial charge in [-0.3, -0.25) is 4.98 Å². The van der Waals surface area contributed by atoms with E-state index in [4.69, 9.17) is 0 Å². The zero-order chi connectivity index (χ0) is 9.80. The van der Waals surface area contributed by atoms with E-state index in [1.807, 2.05) is 36.7 Å². The normalized spacial score (nSPS) is 20.1. The Hall–Kier alpha value is -1.28. The van der Waals surface area contributed by atoms with Crippen LogP contribution in [0.15, 0.2) is 59.1 Å². The molecule has 0 amide bonds. The first kappa shape index (κ1) is 9.28. The molecule has 0 saturated carbocycles. The highest BCUT2D eigenvalue weighted by atomic mass is 32.2. The van der Waals surface area contributed by atoms with E-state index in [9.17, 15) is 0 Å². The summed E-state index contributed by atoms with van der Waals surface area (Å²) in [5.41, 5.74) is 1.26. The SMILES string of the molecule is C=C1/C=C\C=C/Cc2cnccc2S1. The van der Waals surface area contributed by atoms with Crippen molar-refractivity contribution in [3.63, 3.8) is 0 Å². The van der Waals surface area contributed by atoms with Crippen LogP contribution in [0.4, 0.5) is 0 Å². The number of rotatable bonds is 0. The molecule has 0 spiro atoms. The van der Waals surface area contributed by atoms with Gasteiger partial charge in [0, 0.05) is 22.2 Å². The van der Waals surface area contributed by atoms with Gasteiger partial charge in [0.2, 0.25) is 0 Å². The fourth-order valence-corrected chi connectivity index (χ4v) is 2.10. The van der Waals surface area contributed by atoms with Gasteiger partial charge in [-0.05, 0) is 24.1 Å². The maximum atomic E-state index is 4.13. The van der Waals surface area contributed by atoms with Crippen LogP contribution in [-0.2, 0) is 6.42 Å². The molecule has 0 N–H and O–H groups in total. The molecule has 0 bridgehead atoms. The monoisotopic (exact) mass is 201 g/mol. The van der Waals surface area contributed by atoms with Gasteiger partial charge in [-0.2, -0.15) is 0 Å². The summed E-state index contributed by atoms with van der Waals surface area (Å²) in [5, 5.41) is 0. The number of pyridine rings is 1. The van der Waals surface area contributed by atoms with Crippen LogP contribution in [0.1, 0.15) is 5.56 Å². The third kappa shape index (κ3) is 2.15. The van der Waals surface area contributed by atoms with Crippen molar-refractivity contribution in [1.29, 1.82) is 0 Å². The lowest BCUT2D eigenvalue weighted by molar-refractivity contribution is 1.11. The Morgan fingerprint density at radius 3 is 3.21 bits per heavy atom. The van der Waals surface area contributed by atoms with Gasteiger partial charge in [0.1, 0.15) is 0 Å². The van der Waals surface area contributed by atoms with Crippen molar-refractivity contribution in [2.75, 3.05) is 0 Å². The summed E-state index contributed by atoms with van der Waals surface area (Å²) < 4.78 is 0. The van der Waals surface area contributed by atoms with Gasteiger partial charge in [0.25, 0.3) is 0 Å². The molecule has 0 saturated heterocycles. The highest BCUT2D eigenvalue weighted by Crippen LogP contribution is 2.29. The Balaban J connectivity index is 2.39. The van der Waals surface area contributed by atoms with Crippen LogP contribution in [0.2, 0.25) is 0 Å². The molecule has 0 aliphatic carbocycles. The van der Waals surface area contributed by atoms with Crippen LogP contribution in [-0.4, -0.2) is 4.98 Å². The number of nitrogens with zero attached hydrogens (tertiary/aromatic N) is 1. The van der Waals surface area contributed by atoms with E-state index >= 15 is 0 Å². The van der Waals surface area contributed by atoms with Crippen molar-refractivity contribution in [1.82, 2.24) is 4.98 Å². The molecule has 2 heterocycles. The first-order valence-corrected chi connectivity index (χ1v) is 5.31. The fourth-order valence-electron chi connectivity index (χ4n) is 1.28. The zero-order valence-electron chi connectivity index (χ0n) is 7.81. The first-order valence-electron chi connectivity index (χ1n) is 4.49. The first-order chi connectivity index (χ1) is 6.86. The number of hydrogen-bond donors (Lipinski definition) is 0. The molecule has 1 aromatic heterocycles. The summed E-state index contributed by atoms with van der Waals surface area (Å²) >= 11 is 1.70. The lowest BCUT2D eigenvalue weighted by Crippen LogP contribution is -1.86. The van der Waals surface area contributed by atoms with Gasteiger partial charge in [0.15, 0.2) is 0 Å². The predicted molar refractivity (Wildman–Crippen MR) is 61.2 cm³/mol. The van der Waals surface area contributed by atoms with Crippen LogP contribution in [0, 0.1) is 0 Å². The van der Waals surface area contributed by atoms with Gasteiger partial charge in [-0.1, -0.05) is 36.6 Å². The molecule has 2 heteroatoms. The summed E-state index contributed by atoms with van der Waals surface area (Å²) in [4.78, 5) is 6.44. The Labute approximate surface area is 88.3 Å². The number of aromatic nitrogens is 1. The Kier molecular flexibility index (Phi) is 2.84. The van der Waals surface area contributed by atoms with Crippen molar-refractivity contribution in [2.45, 2.75) is 11.3 Å². The number of thioether (sulfide) groups is 1. The molecule has 0 fully saturated rings. The standard InChI is InChI=1S/C12H11NS/c1-10-5-3-2-4-6-11-9-13-8-7-12(11)14-10/h2-5,7-9H,1,6H2/b4-2-,5-3-. The molecule has 1 aliphatic heterocycles. The molecular weight excluding hydrogens is 190 g/mol. The molecule has 1 aromatic rings. The minimum absolute atomic E-state index is 0.938. The Morgan fingerprint density at radius 1 is 1.36 bits per heavy atom. The molecule has 1 nitrogen and oxygen atoms in total. The van der Waals surface area contributed by atoms with E-state index in [0.29, 0.717) is 0 Å². The van der Waals surface area contributed by atoms with Crippen LogP contribution in [0.3, 0.4) is 0 Å². The second-order valence-corrected chi connectivity index (χ2v) is 4.21. The number of fused-ring (bicyclic) bond motifs is 1. The van der Waals surface area contributed by atoms with E-state index in [-0.39, 0.29) is 0 Å². The lowest BCUT2D eigenvalue weighted by Gasteiger charge is -2.05. The van der Waals surface area contributed by atoms with Crippen LogP contribution in [0.5, 0.6) is 0 Å². The number of allylic oxidation sites excluding steroid dienone is 4. The maximum absolute atomic E-state index is 4.13. The van der Waals surface area contributed by atoms with Gasteiger partial charge < -0.3 is 0 Å². The third-order valence-corrected chi connectivity index (χ3v) is 2.98. The van der Waals surface area contributed by atoms with Crippen molar-refractivity contribution in [3.05, 3.63) is 59.8 Å². The van der Waals surface area contributed by atoms with Crippen LogP contribution >= 0.6 is 11.8 Å². The molecule has 70 valence electrons. The molecule has 0 radical (unpaired) electrons. The lowest BCUT2D eigenvalue weighted by atomic mass is 10.2. The Bertz CT molecular complexity index is 405. The topological polar surface area (TPSA) is 12.9 Å². The molecule has 0 aromatic carbocycles. The summed E-state index contributed by atoms with van der Waals surface area (Å²) in [5.74, 6) is 0. The minimum atomic E-state index is 0.938. The fraction of sp³-hybridized carbons (Fsp3) is 0.0833. The average Bonchev–Trinajstić information content (AvgIpc) is 2.27. The second-order valence-electron chi connectivity index (χ2n) is 3.04. The van der Waals surface area contributed by atoms with Crippen LogP contribution < -0.4 is 0 Å². The van der Waals surface area contributed by atoms with Gasteiger partial charge >= 0.3 is 0 Å². The van der Waals surface area contributed by atoms with E-state index in [1.54, 1.807) is 11.8 Å². The molecule has 1 aliphatic rings. The summed E-state index contributed by atoms with van der Waals surface area (Å²) in [7, 11) is 0. The third-order valence-electron chi connectivity index (χ3n) is 1.97. The zero-order valence-corrected chi connectivity index (χ0v) is 8.63. The largest absolute Gasteiger partial charge is 0.264 e. The smallest absolute Gasteiger partial charge is 0.0314 e. The highest BCUT2D eigenvalue weighted by Gasteiger charge is 2.03. The van der Waals surface area contributed by atoms with E-state index in [0.717, 1.165) is 11.3 Å². The minimum Gasteiger partial charge on any atom is -0.264 e. The summed E-state index contributed by atoms with van der Waals surface area (Å²) in [6.07, 6.45) is 12.9. The summed E-state index contributed by atoms with van der Waals surface area (Å²) in [6, 6.07) is 2.04. The molecular formula is C12H11NS. The molecule has 0 atom stereocenters. The maximum Gasteiger partial charge on any atom is 0.0314 e. The Morgan fingerprint density at radius 2 is 2.29 bits per heavy atom. The van der Waals surface area contributed by atoms with E-state index in [1.165, 1.54) is 10.5 Å². The van der Waals surface area contributed by atoms with E-state index in [2.05, 4.69) is 17.6 Å². The highest BCUT2D eigenvalue weighted by molar-refractivity contribution is 8.03. The predicted octanol–water partition coefficient (Wildman–Crippen LogP) is 3.36. The average molecular weight is 201 g/mol. The van der Waals surface area contributed by atoms with Crippen LogP contribution in [0.25, 0.3) is 0 Å². The quantitative estimate of drug-likeness (QED) is 0.638. The van der Waals surface area contributed by atoms with Crippen molar-refractivity contribution in [3.8, 4) is 0 Å². The van der Waals surface area contributed by atoms with Gasteiger partial charge in [0.05, 0.1) is 0 Å².